The summed E-state index contributed by atoms with van der Waals surface area (Å²) >= 11 is 0. The summed E-state index contributed by atoms with van der Waals surface area (Å²) in [6.45, 7) is 3.18. The average Bonchev–Trinajstić information content (AvgIpc) is 2.93. The number of carbonyl (C=O) groups excluding carboxylic acids is 1. The molecule has 1 amide bonds. The van der Waals surface area contributed by atoms with E-state index in [9.17, 15) is 18.0 Å². The molecule has 198 valence electrons. The van der Waals surface area contributed by atoms with Gasteiger partial charge in [0.15, 0.2) is 0 Å². The van der Waals surface area contributed by atoms with E-state index in [0.717, 1.165) is 19.2 Å². The van der Waals surface area contributed by atoms with Crippen LogP contribution in [0, 0.1) is 11.8 Å². The maximum Gasteiger partial charge on any atom is 0.416 e. The van der Waals surface area contributed by atoms with Gasteiger partial charge in [-0.05, 0) is 42.8 Å². The summed E-state index contributed by atoms with van der Waals surface area (Å²) in [6, 6.07) is 6.96. The second-order valence-electron chi connectivity index (χ2n) is 9.16. The number of nitrogens with one attached hydrogen (secondary N) is 1. The molecule has 1 aromatic carbocycles. The molecular weight excluding hydrogens is 507 g/mol. The van der Waals surface area contributed by atoms with E-state index in [1.807, 2.05) is 11.9 Å². The molecule has 1 aliphatic heterocycles. The van der Waals surface area contributed by atoms with Crippen molar-refractivity contribution in [2.24, 2.45) is 0 Å². The molecule has 0 spiro atoms. The van der Waals surface area contributed by atoms with Crippen molar-refractivity contribution in [3.05, 3.63) is 89.3 Å². The molecule has 0 atom stereocenters. The number of piperazine rings is 1. The Labute approximate surface area is 222 Å². The smallest absolute Gasteiger partial charge is 0.322 e. The van der Waals surface area contributed by atoms with Crippen LogP contribution in [0.5, 0.6) is 0 Å². The Morgan fingerprint density at radius 1 is 1.00 bits per heavy atom. The van der Waals surface area contributed by atoms with Gasteiger partial charge in [-0.3, -0.25) is 24.6 Å². The molecular formula is C28H24F3N7O. The minimum Gasteiger partial charge on any atom is -0.322 e. The molecule has 1 fully saturated rings. The molecule has 1 N–H and O–H groups in total. The van der Waals surface area contributed by atoms with Gasteiger partial charge >= 0.3 is 6.18 Å². The topological polar surface area (TPSA) is 87.1 Å². The maximum absolute atomic E-state index is 14.0. The van der Waals surface area contributed by atoms with Gasteiger partial charge in [0.05, 0.1) is 22.9 Å². The fraction of sp³-hybridized carbons (Fsp3) is 0.250. The van der Waals surface area contributed by atoms with Gasteiger partial charge in [-0.2, -0.15) is 13.2 Å². The molecule has 0 radical (unpaired) electrons. The lowest BCUT2D eigenvalue weighted by atomic mass is 10.0. The number of halogens is 3. The SMILES string of the molecule is CN1CCN(Cc2ccc(NC(=O)c3cccnc3C#Cc3cncc4nccnc34)cc2C(F)(F)F)CC1. The summed E-state index contributed by atoms with van der Waals surface area (Å²) in [5.74, 6) is 5.17. The Balaban J connectivity index is 1.38. The normalized spacial score (nSPS) is 14.6. The number of hydrogen-bond acceptors (Lipinski definition) is 7. The number of carbonyl (C=O) groups is 1. The highest BCUT2D eigenvalue weighted by atomic mass is 19.4. The summed E-state index contributed by atoms with van der Waals surface area (Å²) in [5, 5.41) is 2.57. The number of benzene rings is 1. The van der Waals surface area contributed by atoms with E-state index < -0.39 is 17.6 Å². The Morgan fingerprint density at radius 2 is 1.79 bits per heavy atom. The molecule has 0 bridgehead atoms. The summed E-state index contributed by atoms with van der Waals surface area (Å²) in [4.78, 5) is 34.0. The second kappa shape index (κ2) is 11.1. The zero-order valence-corrected chi connectivity index (χ0v) is 21.0. The fourth-order valence-electron chi connectivity index (χ4n) is 4.30. The fourth-order valence-corrected chi connectivity index (χ4v) is 4.30. The number of pyridine rings is 2. The van der Waals surface area contributed by atoms with Crippen LogP contribution < -0.4 is 5.32 Å². The van der Waals surface area contributed by atoms with E-state index in [0.29, 0.717) is 29.7 Å². The molecule has 0 unspecified atom stereocenters. The number of alkyl halides is 3. The highest BCUT2D eigenvalue weighted by Crippen LogP contribution is 2.34. The Bertz CT molecular complexity index is 1570. The van der Waals surface area contributed by atoms with Crippen LogP contribution in [0.15, 0.2) is 61.3 Å². The van der Waals surface area contributed by atoms with E-state index in [1.165, 1.54) is 30.6 Å². The number of amides is 1. The van der Waals surface area contributed by atoms with Crippen LogP contribution in [-0.4, -0.2) is 68.9 Å². The predicted octanol–water partition coefficient (Wildman–Crippen LogP) is 3.84. The minimum absolute atomic E-state index is 0.0331. The summed E-state index contributed by atoms with van der Waals surface area (Å²) < 4.78 is 41.9. The number of nitrogens with zero attached hydrogens (tertiary/aromatic N) is 6. The molecule has 1 aliphatic rings. The quantitative estimate of drug-likeness (QED) is 0.401. The summed E-state index contributed by atoms with van der Waals surface area (Å²) in [6.07, 6.45) is 3.11. The van der Waals surface area contributed by atoms with Gasteiger partial charge in [-0.15, -0.1) is 0 Å². The van der Waals surface area contributed by atoms with Crippen LogP contribution in [0.3, 0.4) is 0 Å². The number of fused-ring (bicyclic) bond motifs is 1. The standard InChI is InChI=1S/C28H24F3N7O/c1-37-11-13-38(14-12-37)18-20-4-6-21(15-23(20)28(29,30)31)36-27(39)22-3-2-8-33-24(22)7-5-19-16-32-17-25-26(19)35-10-9-34-25/h2-4,6,8-10,15-17H,11-14,18H2,1H3,(H,36,39). The van der Waals surface area contributed by atoms with Gasteiger partial charge < -0.3 is 10.2 Å². The summed E-state index contributed by atoms with van der Waals surface area (Å²) in [7, 11) is 1.99. The van der Waals surface area contributed by atoms with E-state index in [4.69, 9.17) is 0 Å². The third-order valence-electron chi connectivity index (χ3n) is 6.41. The lowest BCUT2D eigenvalue weighted by Gasteiger charge is -2.33. The molecule has 0 aliphatic carbocycles. The molecule has 1 saturated heterocycles. The van der Waals surface area contributed by atoms with Crippen molar-refractivity contribution in [2.45, 2.75) is 12.7 Å². The van der Waals surface area contributed by atoms with Gasteiger partial charge in [0.25, 0.3) is 5.91 Å². The van der Waals surface area contributed by atoms with Gasteiger partial charge in [-0.25, -0.2) is 4.98 Å². The van der Waals surface area contributed by atoms with E-state index >= 15 is 0 Å². The third-order valence-corrected chi connectivity index (χ3v) is 6.41. The predicted molar refractivity (Wildman–Crippen MR) is 140 cm³/mol. The maximum atomic E-state index is 14.0. The monoisotopic (exact) mass is 531 g/mol. The van der Waals surface area contributed by atoms with Crippen molar-refractivity contribution < 1.29 is 18.0 Å². The highest BCUT2D eigenvalue weighted by Gasteiger charge is 2.34. The van der Waals surface area contributed by atoms with Crippen LogP contribution in [0.2, 0.25) is 0 Å². The number of anilines is 1. The first-order chi connectivity index (χ1) is 18.8. The van der Waals surface area contributed by atoms with Crippen molar-refractivity contribution in [1.82, 2.24) is 29.7 Å². The zero-order valence-electron chi connectivity index (χ0n) is 21.0. The lowest BCUT2D eigenvalue weighted by molar-refractivity contribution is -0.138. The second-order valence-corrected chi connectivity index (χ2v) is 9.16. The van der Waals surface area contributed by atoms with Gasteiger partial charge in [0.1, 0.15) is 16.7 Å². The third kappa shape index (κ3) is 6.19. The van der Waals surface area contributed by atoms with Crippen molar-refractivity contribution in [3.63, 3.8) is 0 Å². The molecule has 0 saturated carbocycles. The molecule has 39 heavy (non-hydrogen) atoms. The van der Waals surface area contributed by atoms with Crippen LogP contribution in [0.1, 0.15) is 32.7 Å². The average molecular weight is 532 g/mol. The van der Waals surface area contributed by atoms with E-state index in [1.54, 1.807) is 24.7 Å². The molecule has 3 aromatic heterocycles. The van der Waals surface area contributed by atoms with Gasteiger partial charge in [0, 0.05) is 63.2 Å². The number of rotatable bonds is 4. The van der Waals surface area contributed by atoms with Crippen LogP contribution >= 0.6 is 0 Å². The molecule has 11 heteroatoms. The van der Waals surface area contributed by atoms with Crippen LogP contribution in [0.4, 0.5) is 18.9 Å². The van der Waals surface area contributed by atoms with Crippen molar-refractivity contribution >= 4 is 22.6 Å². The van der Waals surface area contributed by atoms with Crippen LogP contribution in [0.25, 0.3) is 11.0 Å². The number of aromatic nitrogens is 4. The Kier molecular flexibility index (Phi) is 7.49. The first-order valence-corrected chi connectivity index (χ1v) is 12.2. The highest BCUT2D eigenvalue weighted by molar-refractivity contribution is 6.05. The minimum atomic E-state index is -4.57. The molecule has 4 aromatic rings. The number of hydrogen-bond donors (Lipinski definition) is 1. The van der Waals surface area contributed by atoms with E-state index in [-0.39, 0.29) is 29.1 Å². The summed E-state index contributed by atoms with van der Waals surface area (Å²) in [5.41, 5.74) is 1.35. The van der Waals surface area contributed by atoms with Crippen molar-refractivity contribution in [3.8, 4) is 11.8 Å². The van der Waals surface area contributed by atoms with Gasteiger partial charge in [-0.1, -0.05) is 12.0 Å². The Morgan fingerprint density at radius 3 is 2.59 bits per heavy atom. The first kappa shape index (κ1) is 26.2. The van der Waals surface area contributed by atoms with Crippen molar-refractivity contribution in [2.75, 3.05) is 38.5 Å². The molecule has 4 heterocycles. The molecule has 5 rings (SSSR count). The molecule has 8 nitrogen and oxygen atoms in total. The van der Waals surface area contributed by atoms with Crippen molar-refractivity contribution in [1.29, 1.82) is 0 Å². The Hall–Kier alpha value is -4.40. The largest absolute Gasteiger partial charge is 0.416 e. The van der Waals surface area contributed by atoms with E-state index in [2.05, 4.69) is 42.0 Å². The zero-order chi connectivity index (χ0) is 27.4. The lowest BCUT2D eigenvalue weighted by Crippen LogP contribution is -2.44. The van der Waals surface area contributed by atoms with Crippen LogP contribution in [-0.2, 0) is 12.7 Å². The van der Waals surface area contributed by atoms with Gasteiger partial charge in [0.2, 0.25) is 0 Å². The first-order valence-electron chi connectivity index (χ1n) is 12.2. The number of likely N-dealkylation sites (N-methyl/N-ethyl adjacent to an activating group) is 1.